The van der Waals surface area contributed by atoms with Crippen molar-refractivity contribution in [2.45, 2.75) is 19.3 Å². The summed E-state index contributed by atoms with van der Waals surface area (Å²) >= 11 is 0. The van der Waals surface area contributed by atoms with Crippen molar-refractivity contribution in [2.75, 3.05) is 38.7 Å². The summed E-state index contributed by atoms with van der Waals surface area (Å²) < 4.78 is 5.24. The van der Waals surface area contributed by atoms with E-state index in [1.165, 1.54) is 5.56 Å². The molecular weight excluding hydrogens is 328 g/mol. The SMILES string of the molecule is COCC1CCCN(C(=O)c2ccc(NCCc3cccnc3)nc2)C1. The quantitative estimate of drug-likeness (QED) is 0.828. The van der Waals surface area contributed by atoms with Crippen LogP contribution in [0.5, 0.6) is 0 Å². The molecule has 1 aliphatic rings. The molecule has 1 fully saturated rings. The summed E-state index contributed by atoms with van der Waals surface area (Å²) in [4.78, 5) is 23.1. The summed E-state index contributed by atoms with van der Waals surface area (Å²) in [6.07, 6.45) is 8.33. The van der Waals surface area contributed by atoms with Gasteiger partial charge in [0.25, 0.3) is 5.91 Å². The molecule has 3 heterocycles. The summed E-state index contributed by atoms with van der Waals surface area (Å²) in [6.45, 7) is 3.06. The van der Waals surface area contributed by atoms with Gasteiger partial charge in [-0.3, -0.25) is 9.78 Å². The fourth-order valence-corrected chi connectivity index (χ4v) is 3.31. The zero-order chi connectivity index (χ0) is 18.2. The van der Waals surface area contributed by atoms with E-state index in [0.29, 0.717) is 18.1 Å². The first-order valence-electron chi connectivity index (χ1n) is 9.13. The van der Waals surface area contributed by atoms with Gasteiger partial charge in [-0.15, -0.1) is 0 Å². The molecule has 1 N–H and O–H groups in total. The number of methoxy groups -OCH3 is 1. The molecule has 1 saturated heterocycles. The highest BCUT2D eigenvalue weighted by molar-refractivity contribution is 5.94. The van der Waals surface area contributed by atoms with Crippen LogP contribution < -0.4 is 5.32 Å². The first kappa shape index (κ1) is 18.3. The van der Waals surface area contributed by atoms with Crippen LogP contribution in [0.15, 0.2) is 42.9 Å². The number of likely N-dealkylation sites (tertiary alicyclic amines) is 1. The first-order valence-corrected chi connectivity index (χ1v) is 9.13. The zero-order valence-electron chi connectivity index (χ0n) is 15.2. The predicted octanol–water partition coefficient (Wildman–Crippen LogP) is 2.63. The van der Waals surface area contributed by atoms with Crippen molar-refractivity contribution in [1.82, 2.24) is 14.9 Å². The van der Waals surface area contributed by atoms with E-state index in [2.05, 4.69) is 21.4 Å². The third-order valence-electron chi connectivity index (χ3n) is 4.66. The summed E-state index contributed by atoms with van der Waals surface area (Å²) in [5.74, 6) is 1.26. The lowest BCUT2D eigenvalue weighted by molar-refractivity contribution is 0.0570. The fourth-order valence-electron chi connectivity index (χ4n) is 3.31. The Bertz CT molecular complexity index is 689. The average molecular weight is 354 g/mol. The van der Waals surface area contributed by atoms with Crippen LogP contribution >= 0.6 is 0 Å². The van der Waals surface area contributed by atoms with Crippen LogP contribution in [-0.4, -0.2) is 54.1 Å². The average Bonchev–Trinajstić information content (AvgIpc) is 2.69. The molecule has 2 aromatic rings. The van der Waals surface area contributed by atoms with Crippen molar-refractivity contribution in [3.63, 3.8) is 0 Å². The topological polar surface area (TPSA) is 67.3 Å². The van der Waals surface area contributed by atoms with Crippen LogP contribution in [-0.2, 0) is 11.2 Å². The monoisotopic (exact) mass is 354 g/mol. The maximum absolute atomic E-state index is 12.7. The maximum Gasteiger partial charge on any atom is 0.255 e. The number of hydrogen-bond acceptors (Lipinski definition) is 5. The number of rotatable bonds is 7. The lowest BCUT2D eigenvalue weighted by atomic mass is 9.98. The van der Waals surface area contributed by atoms with Crippen LogP contribution in [0, 0.1) is 5.92 Å². The molecule has 0 spiro atoms. The number of nitrogens with zero attached hydrogens (tertiary/aromatic N) is 3. The lowest BCUT2D eigenvalue weighted by Gasteiger charge is -2.32. The van der Waals surface area contributed by atoms with Gasteiger partial charge in [-0.2, -0.15) is 0 Å². The second-order valence-corrected chi connectivity index (χ2v) is 6.68. The smallest absolute Gasteiger partial charge is 0.255 e. The number of carbonyl (C=O) groups is 1. The fraction of sp³-hybridized carbons (Fsp3) is 0.450. The highest BCUT2D eigenvalue weighted by atomic mass is 16.5. The number of hydrogen-bond donors (Lipinski definition) is 1. The Hall–Kier alpha value is -2.47. The molecule has 1 amide bonds. The summed E-state index contributed by atoms with van der Waals surface area (Å²) in [5, 5.41) is 3.28. The Labute approximate surface area is 154 Å². The molecule has 0 bridgehead atoms. The van der Waals surface area contributed by atoms with Gasteiger partial charge in [0.1, 0.15) is 5.82 Å². The third-order valence-corrected chi connectivity index (χ3v) is 4.66. The van der Waals surface area contributed by atoms with Gasteiger partial charge in [0.05, 0.1) is 12.2 Å². The minimum Gasteiger partial charge on any atom is -0.384 e. The molecule has 0 aliphatic carbocycles. The molecule has 0 radical (unpaired) electrons. The van der Waals surface area contributed by atoms with Crippen LogP contribution in [0.3, 0.4) is 0 Å². The summed E-state index contributed by atoms with van der Waals surface area (Å²) in [7, 11) is 1.71. The number of anilines is 1. The van der Waals surface area contributed by atoms with Gasteiger partial charge in [0.15, 0.2) is 0 Å². The van der Waals surface area contributed by atoms with E-state index >= 15 is 0 Å². The van der Waals surface area contributed by atoms with Gasteiger partial charge >= 0.3 is 0 Å². The Morgan fingerprint density at radius 2 is 2.27 bits per heavy atom. The van der Waals surface area contributed by atoms with E-state index in [0.717, 1.165) is 44.7 Å². The number of pyridine rings is 2. The number of nitrogens with one attached hydrogen (secondary N) is 1. The second kappa shape index (κ2) is 9.29. The lowest BCUT2D eigenvalue weighted by Crippen LogP contribution is -2.41. The standard InChI is InChI=1S/C20H26N4O2/c1-26-15-17-5-3-11-24(14-17)20(25)18-6-7-19(23-13-18)22-10-8-16-4-2-9-21-12-16/h2,4,6-7,9,12-13,17H,3,5,8,10-11,14-15H2,1H3,(H,22,23). The van der Waals surface area contributed by atoms with Crippen molar-refractivity contribution in [3.8, 4) is 0 Å². The number of ether oxygens (including phenoxy) is 1. The molecule has 1 atom stereocenters. The molecule has 0 saturated carbocycles. The number of piperidine rings is 1. The summed E-state index contributed by atoms with van der Waals surface area (Å²) in [6, 6.07) is 7.71. The molecule has 3 rings (SSSR count). The van der Waals surface area contributed by atoms with Crippen molar-refractivity contribution in [2.24, 2.45) is 5.92 Å². The molecule has 138 valence electrons. The highest BCUT2D eigenvalue weighted by Gasteiger charge is 2.24. The van der Waals surface area contributed by atoms with Gasteiger partial charge in [0, 0.05) is 45.3 Å². The van der Waals surface area contributed by atoms with Gasteiger partial charge < -0.3 is 15.0 Å². The zero-order valence-corrected chi connectivity index (χ0v) is 15.2. The summed E-state index contributed by atoms with van der Waals surface area (Å²) in [5.41, 5.74) is 1.82. The number of aromatic nitrogens is 2. The third kappa shape index (κ3) is 5.02. The molecule has 26 heavy (non-hydrogen) atoms. The molecule has 1 unspecified atom stereocenters. The largest absolute Gasteiger partial charge is 0.384 e. The van der Waals surface area contributed by atoms with Crippen LogP contribution in [0.4, 0.5) is 5.82 Å². The van der Waals surface area contributed by atoms with Crippen LogP contribution in [0.2, 0.25) is 0 Å². The molecular formula is C20H26N4O2. The molecule has 2 aromatic heterocycles. The Morgan fingerprint density at radius 1 is 1.35 bits per heavy atom. The van der Waals surface area contributed by atoms with E-state index in [4.69, 9.17) is 4.74 Å². The number of amides is 1. The Balaban J connectivity index is 1.51. The Morgan fingerprint density at radius 3 is 3.00 bits per heavy atom. The van der Waals surface area contributed by atoms with Crippen molar-refractivity contribution >= 4 is 11.7 Å². The minimum atomic E-state index is 0.0558. The molecule has 6 heteroatoms. The van der Waals surface area contributed by atoms with Gasteiger partial charge in [-0.1, -0.05) is 6.07 Å². The second-order valence-electron chi connectivity index (χ2n) is 6.68. The first-order chi connectivity index (χ1) is 12.8. The predicted molar refractivity (Wildman–Crippen MR) is 101 cm³/mol. The minimum absolute atomic E-state index is 0.0558. The van der Waals surface area contributed by atoms with Crippen molar-refractivity contribution in [1.29, 1.82) is 0 Å². The van der Waals surface area contributed by atoms with E-state index in [1.54, 1.807) is 19.5 Å². The van der Waals surface area contributed by atoms with E-state index in [9.17, 15) is 4.79 Å². The number of carbonyl (C=O) groups excluding carboxylic acids is 1. The van der Waals surface area contributed by atoms with Gasteiger partial charge in [-0.25, -0.2) is 4.98 Å². The van der Waals surface area contributed by atoms with Crippen molar-refractivity contribution < 1.29 is 9.53 Å². The van der Waals surface area contributed by atoms with Gasteiger partial charge in [-0.05, 0) is 48.9 Å². The van der Waals surface area contributed by atoms with E-state index < -0.39 is 0 Å². The molecule has 6 nitrogen and oxygen atoms in total. The van der Waals surface area contributed by atoms with Crippen molar-refractivity contribution in [3.05, 3.63) is 54.0 Å². The van der Waals surface area contributed by atoms with Gasteiger partial charge in [0.2, 0.25) is 0 Å². The van der Waals surface area contributed by atoms with Crippen LogP contribution in [0.1, 0.15) is 28.8 Å². The molecule has 1 aliphatic heterocycles. The normalized spacial score (nSPS) is 17.1. The highest BCUT2D eigenvalue weighted by Crippen LogP contribution is 2.19. The van der Waals surface area contributed by atoms with E-state index in [1.807, 2.05) is 29.3 Å². The molecule has 0 aromatic carbocycles. The maximum atomic E-state index is 12.7. The van der Waals surface area contributed by atoms with E-state index in [-0.39, 0.29) is 5.91 Å². The van der Waals surface area contributed by atoms with Crippen LogP contribution in [0.25, 0.3) is 0 Å². The Kier molecular flexibility index (Phi) is 6.55.